The van der Waals surface area contributed by atoms with Gasteiger partial charge in [0.05, 0.1) is 6.54 Å². The predicted molar refractivity (Wildman–Crippen MR) is 143 cm³/mol. The number of fused-ring (bicyclic) bond motifs is 1. The van der Waals surface area contributed by atoms with Crippen molar-refractivity contribution in [1.82, 2.24) is 14.5 Å². The fourth-order valence-electron chi connectivity index (χ4n) is 4.46. The maximum atomic E-state index is 13.7. The first kappa shape index (κ1) is 24.1. The second-order valence-electron chi connectivity index (χ2n) is 8.91. The number of aromatic nitrogens is 2. The van der Waals surface area contributed by atoms with Gasteiger partial charge in [-0.25, -0.2) is 9.37 Å². The van der Waals surface area contributed by atoms with E-state index in [1.165, 1.54) is 29.5 Å². The maximum Gasteiger partial charge on any atom is 0.258 e. The summed E-state index contributed by atoms with van der Waals surface area (Å²) in [5, 5.41) is 3.51. The van der Waals surface area contributed by atoms with Crippen molar-refractivity contribution >= 4 is 29.2 Å². The minimum absolute atomic E-state index is 0.146. The zero-order chi connectivity index (χ0) is 25.3. The van der Waals surface area contributed by atoms with Crippen LogP contribution in [-0.4, -0.2) is 33.2 Å². The highest BCUT2D eigenvalue weighted by Gasteiger charge is 2.40. The highest BCUT2D eigenvalue weighted by atomic mass is 32.2. The number of carbonyl (C=O) groups is 1. The van der Waals surface area contributed by atoms with Crippen LogP contribution >= 0.6 is 11.8 Å². The van der Waals surface area contributed by atoms with Crippen LogP contribution in [0, 0.1) is 12.7 Å². The lowest BCUT2D eigenvalue weighted by Crippen LogP contribution is -2.52. The number of thioether (sulfide) groups is 1. The molecule has 0 saturated carbocycles. The molecule has 1 aliphatic rings. The minimum atomic E-state index is -1.18. The quantitative estimate of drug-likeness (QED) is 0.353. The Labute approximate surface area is 214 Å². The Morgan fingerprint density at radius 2 is 1.72 bits per heavy atom. The number of imidazole rings is 1. The van der Waals surface area contributed by atoms with Crippen molar-refractivity contribution in [1.29, 1.82) is 0 Å². The van der Waals surface area contributed by atoms with Crippen LogP contribution in [0.15, 0.2) is 78.9 Å². The van der Waals surface area contributed by atoms with Crippen LogP contribution in [0.4, 0.5) is 15.9 Å². The lowest BCUT2D eigenvalue weighted by Gasteiger charge is -2.36. The van der Waals surface area contributed by atoms with E-state index in [-0.39, 0.29) is 11.7 Å². The van der Waals surface area contributed by atoms with E-state index in [2.05, 4.69) is 9.88 Å². The average Bonchev–Trinajstić information content (AvgIpc) is 3.27. The molecule has 0 radical (unpaired) electrons. The van der Waals surface area contributed by atoms with E-state index in [1.807, 2.05) is 67.8 Å². The Balaban J connectivity index is 1.50. The number of nitrogens with zero attached hydrogens (tertiary/aromatic N) is 3. The molecular weight excluding hydrogens is 473 g/mol. The molecule has 3 aromatic carbocycles. The van der Waals surface area contributed by atoms with Gasteiger partial charge in [-0.3, -0.25) is 4.79 Å². The Morgan fingerprint density at radius 3 is 2.39 bits per heavy atom. The van der Waals surface area contributed by atoms with Gasteiger partial charge in [-0.05, 0) is 55.1 Å². The SMILES string of the molecule is CSC(N)(C(=O)N1CCn2c(nc(-c3ccc(F)cc3)c2Nc2ccc(C)cc2)C1)c1ccccc1. The van der Waals surface area contributed by atoms with E-state index in [0.717, 1.165) is 28.5 Å². The summed E-state index contributed by atoms with van der Waals surface area (Å²) in [6.45, 7) is 3.43. The zero-order valence-corrected chi connectivity index (χ0v) is 21.1. The molecule has 2 heterocycles. The predicted octanol–water partition coefficient (Wildman–Crippen LogP) is 5.26. The van der Waals surface area contributed by atoms with E-state index >= 15 is 0 Å². The lowest BCUT2D eigenvalue weighted by molar-refractivity contribution is -0.135. The van der Waals surface area contributed by atoms with Gasteiger partial charge in [-0.15, -0.1) is 11.8 Å². The second kappa shape index (κ2) is 9.79. The van der Waals surface area contributed by atoms with Crippen molar-refractivity contribution in [3.8, 4) is 11.3 Å². The van der Waals surface area contributed by atoms with E-state index in [4.69, 9.17) is 10.7 Å². The van der Waals surface area contributed by atoms with E-state index < -0.39 is 4.87 Å². The number of halogens is 1. The molecular formula is C28H28FN5OS. The standard InChI is InChI=1S/C28H28FN5OS/c1-19-8-14-23(15-9-19)31-26-25(20-10-12-22(29)13-11-20)32-24-18-33(16-17-34(24)26)27(35)28(30,36-2)21-6-4-3-5-7-21/h3-15,31H,16-18,30H2,1-2H3. The molecule has 1 unspecified atom stereocenters. The topological polar surface area (TPSA) is 76.2 Å². The molecule has 4 aromatic rings. The van der Waals surface area contributed by atoms with Crippen LogP contribution in [-0.2, 0) is 22.8 Å². The third-order valence-electron chi connectivity index (χ3n) is 6.53. The van der Waals surface area contributed by atoms with Gasteiger partial charge < -0.3 is 20.5 Å². The smallest absolute Gasteiger partial charge is 0.258 e. The van der Waals surface area contributed by atoms with Crippen LogP contribution in [0.3, 0.4) is 0 Å². The molecule has 1 aliphatic heterocycles. The normalized spacial score (nSPS) is 14.7. The molecule has 0 aliphatic carbocycles. The average molecular weight is 502 g/mol. The molecule has 3 N–H and O–H groups in total. The van der Waals surface area contributed by atoms with Crippen molar-refractivity contribution in [2.45, 2.75) is 24.9 Å². The molecule has 5 rings (SSSR count). The highest BCUT2D eigenvalue weighted by Crippen LogP contribution is 2.36. The van der Waals surface area contributed by atoms with Crippen molar-refractivity contribution < 1.29 is 9.18 Å². The van der Waals surface area contributed by atoms with Gasteiger partial charge in [0.1, 0.15) is 23.2 Å². The summed E-state index contributed by atoms with van der Waals surface area (Å²) in [6, 6.07) is 23.9. The van der Waals surface area contributed by atoms with Gasteiger partial charge in [-0.1, -0.05) is 48.0 Å². The van der Waals surface area contributed by atoms with Crippen molar-refractivity contribution in [3.05, 3.63) is 102 Å². The fourth-order valence-corrected chi connectivity index (χ4v) is 5.14. The molecule has 0 saturated heterocycles. The molecule has 0 fully saturated rings. The van der Waals surface area contributed by atoms with Crippen LogP contribution in [0.1, 0.15) is 17.0 Å². The molecule has 0 bridgehead atoms. The van der Waals surface area contributed by atoms with Crippen molar-refractivity contribution in [3.63, 3.8) is 0 Å². The number of aryl methyl sites for hydroxylation is 1. The van der Waals surface area contributed by atoms with Crippen molar-refractivity contribution in [2.24, 2.45) is 5.73 Å². The highest BCUT2D eigenvalue weighted by molar-refractivity contribution is 8.00. The number of carbonyl (C=O) groups excluding carboxylic acids is 1. The number of hydrogen-bond acceptors (Lipinski definition) is 5. The summed E-state index contributed by atoms with van der Waals surface area (Å²) in [4.78, 5) is 19.2. The molecule has 1 aromatic heterocycles. The molecule has 1 atom stereocenters. The molecule has 36 heavy (non-hydrogen) atoms. The Kier molecular flexibility index (Phi) is 6.55. The van der Waals surface area contributed by atoms with Gasteiger partial charge in [0.25, 0.3) is 5.91 Å². The Bertz CT molecular complexity index is 1370. The lowest BCUT2D eigenvalue weighted by atomic mass is 10.1. The third-order valence-corrected chi connectivity index (χ3v) is 7.59. The summed E-state index contributed by atoms with van der Waals surface area (Å²) >= 11 is 1.33. The maximum absolute atomic E-state index is 13.7. The number of nitrogens with one attached hydrogen (secondary N) is 1. The second-order valence-corrected chi connectivity index (χ2v) is 9.96. The van der Waals surface area contributed by atoms with E-state index in [0.29, 0.717) is 25.3 Å². The zero-order valence-electron chi connectivity index (χ0n) is 20.2. The number of nitrogens with two attached hydrogens (primary N) is 1. The van der Waals surface area contributed by atoms with Gasteiger partial charge in [0.2, 0.25) is 0 Å². The van der Waals surface area contributed by atoms with Crippen LogP contribution in [0.25, 0.3) is 11.3 Å². The number of benzene rings is 3. The van der Waals surface area contributed by atoms with E-state index in [9.17, 15) is 9.18 Å². The summed E-state index contributed by atoms with van der Waals surface area (Å²) in [5.74, 6) is 1.12. The Morgan fingerprint density at radius 1 is 1.03 bits per heavy atom. The van der Waals surface area contributed by atoms with Gasteiger partial charge in [0, 0.05) is 24.3 Å². The van der Waals surface area contributed by atoms with E-state index in [1.54, 1.807) is 17.0 Å². The minimum Gasteiger partial charge on any atom is -0.340 e. The number of hydrogen-bond donors (Lipinski definition) is 2. The van der Waals surface area contributed by atoms with Crippen LogP contribution in [0.5, 0.6) is 0 Å². The van der Waals surface area contributed by atoms with Crippen molar-refractivity contribution in [2.75, 3.05) is 18.1 Å². The molecule has 8 heteroatoms. The summed E-state index contributed by atoms with van der Waals surface area (Å²) in [6.07, 6.45) is 1.85. The summed E-state index contributed by atoms with van der Waals surface area (Å²) in [5.41, 5.74) is 11.0. The molecule has 1 amide bonds. The monoisotopic (exact) mass is 501 g/mol. The summed E-state index contributed by atoms with van der Waals surface area (Å²) < 4.78 is 15.7. The van der Waals surface area contributed by atoms with Gasteiger partial charge in [-0.2, -0.15) is 0 Å². The number of anilines is 2. The number of amides is 1. The Hall–Kier alpha value is -3.62. The van der Waals surface area contributed by atoms with Crippen LogP contribution in [0.2, 0.25) is 0 Å². The molecule has 0 spiro atoms. The van der Waals surface area contributed by atoms with Gasteiger partial charge in [0.15, 0.2) is 4.87 Å². The molecule has 6 nitrogen and oxygen atoms in total. The fraction of sp³-hybridized carbons (Fsp3) is 0.214. The first-order chi connectivity index (χ1) is 17.4. The first-order valence-electron chi connectivity index (χ1n) is 11.8. The third kappa shape index (κ3) is 4.50. The van der Waals surface area contributed by atoms with Crippen LogP contribution < -0.4 is 11.1 Å². The van der Waals surface area contributed by atoms with Gasteiger partial charge >= 0.3 is 0 Å². The first-order valence-corrected chi connectivity index (χ1v) is 13.0. The largest absolute Gasteiger partial charge is 0.340 e. The number of rotatable bonds is 6. The molecule has 184 valence electrons. The summed E-state index contributed by atoms with van der Waals surface area (Å²) in [7, 11) is 0.